The smallest absolute Gasteiger partial charge is 0.240 e. The summed E-state index contributed by atoms with van der Waals surface area (Å²) in [6.45, 7) is 3.81. The summed E-state index contributed by atoms with van der Waals surface area (Å²) in [5, 5.41) is 2.80. The molecule has 0 aliphatic carbocycles. The van der Waals surface area contributed by atoms with Crippen LogP contribution in [0.4, 0.5) is 0 Å². The molecular formula is C14H19N3O3S. The van der Waals surface area contributed by atoms with Crippen LogP contribution in [0.1, 0.15) is 19.7 Å². The van der Waals surface area contributed by atoms with Crippen LogP contribution in [0, 0.1) is 0 Å². The monoisotopic (exact) mass is 309 g/mol. The molecule has 1 aromatic heterocycles. The molecule has 0 fully saturated rings. The average molecular weight is 309 g/mol. The van der Waals surface area contributed by atoms with Gasteiger partial charge in [0.15, 0.2) is 9.84 Å². The number of hydrogen-bond donors (Lipinski definition) is 1. The number of nitrogens with one attached hydrogen (secondary N) is 1. The number of para-hydroxylation sites is 2. The van der Waals surface area contributed by atoms with Gasteiger partial charge in [-0.25, -0.2) is 13.4 Å². The molecule has 2 aromatic rings. The van der Waals surface area contributed by atoms with Gasteiger partial charge in [-0.15, -0.1) is 0 Å². The third-order valence-corrected chi connectivity index (χ3v) is 3.66. The first-order valence-electron chi connectivity index (χ1n) is 6.67. The van der Waals surface area contributed by atoms with Gasteiger partial charge in [-0.05, 0) is 26.0 Å². The number of aromatic nitrogens is 2. The lowest BCUT2D eigenvalue weighted by molar-refractivity contribution is -0.122. The summed E-state index contributed by atoms with van der Waals surface area (Å²) in [6, 6.07) is 7.34. The van der Waals surface area contributed by atoms with Crippen LogP contribution < -0.4 is 5.32 Å². The van der Waals surface area contributed by atoms with Crippen molar-refractivity contribution in [3.63, 3.8) is 0 Å². The number of rotatable bonds is 5. The van der Waals surface area contributed by atoms with Crippen LogP contribution in [-0.2, 0) is 26.9 Å². The Morgan fingerprint density at radius 1 is 1.33 bits per heavy atom. The fourth-order valence-electron chi connectivity index (χ4n) is 2.16. The fourth-order valence-corrected chi connectivity index (χ4v) is 2.85. The van der Waals surface area contributed by atoms with Gasteiger partial charge < -0.3 is 9.88 Å². The van der Waals surface area contributed by atoms with Crippen LogP contribution in [0.3, 0.4) is 0 Å². The number of fused-ring (bicyclic) bond motifs is 1. The average Bonchev–Trinajstić information content (AvgIpc) is 2.64. The van der Waals surface area contributed by atoms with E-state index in [1.54, 1.807) is 10.6 Å². The normalized spacial score (nSPS) is 12.0. The molecule has 6 nitrogen and oxygen atoms in total. The van der Waals surface area contributed by atoms with E-state index in [0.29, 0.717) is 11.3 Å². The summed E-state index contributed by atoms with van der Waals surface area (Å²) < 4.78 is 24.7. The van der Waals surface area contributed by atoms with Gasteiger partial charge in [0.25, 0.3) is 0 Å². The number of sulfone groups is 1. The highest BCUT2D eigenvalue weighted by Gasteiger charge is 2.17. The number of amides is 1. The molecule has 0 atom stereocenters. The first-order chi connectivity index (χ1) is 9.76. The van der Waals surface area contributed by atoms with Crippen molar-refractivity contribution < 1.29 is 13.2 Å². The SMILES string of the molecule is CC(C)NC(=O)Cn1c(CS(C)(=O)=O)nc2ccccc21. The number of hydrogen-bond acceptors (Lipinski definition) is 4. The zero-order chi connectivity index (χ0) is 15.6. The quantitative estimate of drug-likeness (QED) is 0.897. The highest BCUT2D eigenvalue weighted by molar-refractivity contribution is 7.89. The van der Waals surface area contributed by atoms with E-state index in [-0.39, 0.29) is 24.2 Å². The van der Waals surface area contributed by atoms with Crippen molar-refractivity contribution in [2.24, 2.45) is 0 Å². The van der Waals surface area contributed by atoms with E-state index in [1.165, 1.54) is 0 Å². The fraction of sp³-hybridized carbons (Fsp3) is 0.429. The number of carbonyl (C=O) groups excluding carboxylic acids is 1. The molecule has 0 aliphatic rings. The minimum Gasteiger partial charge on any atom is -0.352 e. The second kappa shape index (κ2) is 5.85. The molecular weight excluding hydrogens is 290 g/mol. The van der Waals surface area contributed by atoms with Crippen molar-refractivity contribution in [1.29, 1.82) is 0 Å². The Kier molecular flexibility index (Phi) is 4.32. The molecule has 0 saturated heterocycles. The number of carbonyl (C=O) groups is 1. The van der Waals surface area contributed by atoms with Gasteiger partial charge in [0.05, 0.1) is 11.0 Å². The Bertz CT molecular complexity index is 763. The second-order valence-electron chi connectivity index (χ2n) is 5.40. The topological polar surface area (TPSA) is 81.1 Å². The largest absolute Gasteiger partial charge is 0.352 e. The Morgan fingerprint density at radius 2 is 2.00 bits per heavy atom. The van der Waals surface area contributed by atoms with Crippen molar-refractivity contribution in [1.82, 2.24) is 14.9 Å². The summed E-state index contributed by atoms with van der Waals surface area (Å²) in [5.74, 6) is 0.0388. The van der Waals surface area contributed by atoms with Gasteiger partial charge in [-0.3, -0.25) is 4.79 Å². The van der Waals surface area contributed by atoms with E-state index in [1.807, 2.05) is 32.0 Å². The third-order valence-electron chi connectivity index (χ3n) is 2.88. The second-order valence-corrected chi connectivity index (χ2v) is 7.54. The van der Waals surface area contributed by atoms with Crippen LogP contribution in [0.2, 0.25) is 0 Å². The first kappa shape index (κ1) is 15.5. The Hall–Kier alpha value is -1.89. The van der Waals surface area contributed by atoms with Crippen molar-refractivity contribution >= 4 is 26.8 Å². The Labute approximate surface area is 124 Å². The summed E-state index contributed by atoms with van der Waals surface area (Å²) >= 11 is 0. The highest BCUT2D eigenvalue weighted by Crippen LogP contribution is 2.17. The van der Waals surface area contributed by atoms with E-state index >= 15 is 0 Å². The maximum Gasteiger partial charge on any atom is 0.240 e. The third kappa shape index (κ3) is 4.04. The molecule has 0 saturated carbocycles. The molecule has 2 rings (SSSR count). The maximum atomic E-state index is 12.0. The highest BCUT2D eigenvalue weighted by atomic mass is 32.2. The molecule has 7 heteroatoms. The number of nitrogens with zero attached hydrogens (tertiary/aromatic N) is 2. The zero-order valence-electron chi connectivity index (χ0n) is 12.3. The van der Waals surface area contributed by atoms with E-state index in [0.717, 1.165) is 11.8 Å². The predicted octanol–water partition coefficient (Wildman–Crippen LogP) is 1.11. The molecule has 0 bridgehead atoms. The zero-order valence-corrected chi connectivity index (χ0v) is 13.1. The van der Waals surface area contributed by atoms with Gasteiger partial charge in [0.2, 0.25) is 5.91 Å². The van der Waals surface area contributed by atoms with Crippen molar-refractivity contribution in [2.45, 2.75) is 32.2 Å². The van der Waals surface area contributed by atoms with Crippen LogP contribution in [0.5, 0.6) is 0 Å². The number of imidazole rings is 1. The molecule has 1 aromatic carbocycles. The standard InChI is InChI=1S/C14H19N3O3S/c1-10(2)15-14(18)8-17-12-7-5-4-6-11(12)16-13(17)9-21(3,19)20/h4-7,10H,8-9H2,1-3H3,(H,15,18). The molecule has 0 aliphatic heterocycles. The molecule has 1 heterocycles. The van der Waals surface area contributed by atoms with Gasteiger partial charge in [-0.2, -0.15) is 0 Å². The molecule has 1 N–H and O–H groups in total. The maximum absolute atomic E-state index is 12.0. The molecule has 0 spiro atoms. The van der Waals surface area contributed by atoms with Gasteiger partial charge in [0, 0.05) is 12.3 Å². The van der Waals surface area contributed by atoms with Crippen molar-refractivity contribution in [2.75, 3.05) is 6.26 Å². The van der Waals surface area contributed by atoms with Crippen LogP contribution in [-0.4, -0.2) is 36.2 Å². The lowest BCUT2D eigenvalue weighted by atomic mass is 10.3. The van der Waals surface area contributed by atoms with Gasteiger partial charge in [-0.1, -0.05) is 12.1 Å². The van der Waals surface area contributed by atoms with E-state index < -0.39 is 9.84 Å². The summed E-state index contributed by atoms with van der Waals surface area (Å²) in [4.78, 5) is 16.3. The Morgan fingerprint density at radius 3 is 2.62 bits per heavy atom. The van der Waals surface area contributed by atoms with Gasteiger partial charge >= 0.3 is 0 Å². The van der Waals surface area contributed by atoms with Crippen LogP contribution in [0.25, 0.3) is 11.0 Å². The van der Waals surface area contributed by atoms with Crippen molar-refractivity contribution in [3.05, 3.63) is 30.1 Å². The lowest BCUT2D eigenvalue weighted by Gasteiger charge is -2.11. The van der Waals surface area contributed by atoms with E-state index in [2.05, 4.69) is 10.3 Å². The van der Waals surface area contributed by atoms with E-state index in [4.69, 9.17) is 0 Å². The number of benzene rings is 1. The molecule has 0 unspecified atom stereocenters. The lowest BCUT2D eigenvalue weighted by Crippen LogP contribution is -2.33. The van der Waals surface area contributed by atoms with Gasteiger partial charge in [0.1, 0.15) is 18.1 Å². The molecule has 0 radical (unpaired) electrons. The Balaban J connectivity index is 2.43. The first-order valence-corrected chi connectivity index (χ1v) is 8.73. The predicted molar refractivity (Wildman–Crippen MR) is 81.6 cm³/mol. The molecule has 114 valence electrons. The summed E-state index contributed by atoms with van der Waals surface area (Å²) in [7, 11) is -3.22. The minimum atomic E-state index is -3.22. The van der Waals surface area contributed by atoms with Crippen LogP contribution >= 0.6 is 0 Å². The summed E-state index contributed by atoms with van der Waals surface area (Å²) in [6.07, 6.45) is 1.16. The summed E-state index contributed by atoms with van der Waals surface area (Å²) in [5.41, 5.74) is 1.45. The minimum absolute atomic E-state index is 0.0330. The van der Waals surface area contributed by atoms with Crippen molar-refractivity contribution in [3.8, 4) is 0 Å². The van der Waals surface area contributed by atoms with E-state index in [9.17, 15) is 13.2 Å². The molecule has 21 heavy (non-hydrogen) atoms. The molecule has 1 amide bonds. The van der Waals surface area contributed by atoms with Crippen LogP contribution in [0.15, 0.2) is 24.3 Å².